The molecule has 0 radical (unpaired) electrons. The molecule has 0 rings (SSSR count). The average Bonchev–Trinajstić information content (AvgIpc) is 2.02. The maximum atomic E-state index is 5.47. The van der Waals surface area contributed by atoms with Gasteiger partial charge in [-0.1, -0.05) is 6.92 Å². The first-order valence-electron chi connectivity index (χ1n) is 4.77. The molecule has 1 atom stereocenters. The molecule has 0 amide bonds. The third-order valence-electron chi connectivity index (χ3n) is 2.45. The minimum Gasteiger partial charge on any atom is -0.379 e. The molecular weight excluding hydrogens is 150 g/mol. The summed E-state index contributed by atoms with van der Waals surface area (Å²) < 4.78 is 5.33. The molecule has 0 spiro atoms. The Balaban J connectivity index is 3.52. The van der Waals surface area contributed by atoms with Gasteiger partial charge in [0.2, 0.25) is 0 Å². The third kappa shape index (κ3) is 5.56. The van der Waals surface area contributed by atoms with Crippen molar-refractivity contribution in [3.8, 4) is 0 Å². The highest BCUT2D eigenvalue weighted by Crippen LogP contribution is 2.20. The standard InChI is InChI=1S/C10H23NO/c1-9(6-8-11)5-7-10(2,3)12-4/h9H,5-8,11H2,1-4H3. The van der Waals surface area contributed by atoms with Crippen molar-refractivity contribution in [2.24, 2.45) is 11.7 Å². The number of ether oxygens (including phenoxy) is 1. The van der Waals surface area contributed by atoms with Crippen molar-refractivity contribution in [2.75, 3.05) is 13.7 Å². The van der Waals surface area contributed by atoms with Crippen molar-refractivity contribution in [3.05, 3.63) is 0 Å². The molecule has 0 aliphatic rings. The molecule has 0 aromatic heterocycles. The molecule has 2 heteroatoms. The predicted octanol–water partition coefficient (Wildman–Crippen LogP) is 2.18. The molecule has 0 bridgehead atoms. The summed E-state index contributed by atoms with van der Waals surface area (Å²) in [4.78, 5) is 0. The Hall–Kier alpha value is -0.0800. The highest BCUT2D eigenvalue weighted by Gasteiger charge is 2.16. The maximum absolute atomic E-state index is 5.47. The zero-order valence-corrected chi connectivity index (χ0v) is 8.89. The van der Waals surface area contributed by atoms with Gasteiger partial charge in [-0.25, -0.2) is 0 Å². The van der Waals surface area contributed by atoms with E-state index in [0.29, 0.717) is 0 Å². The minimum atomic E-state index is 0.0306. The van der Waals surface area contributed by atoms with Crippen LogP contribution in [0.3, 0.4) is 0 Å². The Bertz CT molecular complexity index is 112. The van der Waals surface area contributed by atoms with Crippen LogP contribution >= 0.6 is 0 Å². The second-order valence-corrected chi connectivity index (χ2v) is 4.19. The number of rotatable bonds is 6. The molecule has 0 saturated carbocycles. The molecule has 0 aromatic carbocycles. The topological polar surface area (TPSA) is 35.2 Å². The van der Waals surface area contributed by atoms with E-state index in [1.54, 1.807) is 7.11 Å². The van der Waals surface area contributed by atoms with Crippen LogP contribution in [-0.2, 0) is 4.74 Å². The van der Waals surface area contributed by atoms with Crippen LogP contribution in [0.1, 0.15) is 40.0 Å². The van der Waals surface area contributed by atoms with Gasteiger partial charge in [0.1, 0.15) is 0 Å². The summed E-state index contributed by atoms with van der Waals surface area (Å²) >= 11 is 0. The van der Waals surface area contributed by atoms with Crippen molar-refractivity contribution in [1.82, 2.24) is 0 Å². The van der Waals surface area contributed by atoms with E-state index < -0.39 is 0 Å². The number of hydrogen-bond donors (Lipinski definition) is 1. The molecule has 0 aliphatic heterocycles. The average molecular weight is 173 g/mol. The largest absolute Gasteiger partial charge is 0.379 e. The third-order valence-corrected chi connectivity index (χ3v) is 2.45. The van der Waals surface area contributed by atoms with Crippen molar-refractivity contribution in [3.63, 3.8) is 0 Å². The summed E-state index contributed by atoms with van der Waals surface area (Å²) in [5, 5.41) is 0. The van der Waals surface area contributed by atoms with E-state index in [0.717, 1.165) is 25.3 Å². The van der Waals surface area contributed by atoms with Gasteiger partial charge in [-0.2, -0.15) is 0 Å². The fourth-order valence-electron chi connectivity index (χ4n) is 1.12. The number of hydrogen-bond acceptors (Lipinski definition) is 2. The fourth-order valence-corrected chi connectivity index (χ4v) is 1.12. The Morgan fingerprint density at radius 2 is 1.92 bits per heavy atom. The van der Waals surface area contributed by atoms with Crippen LogP contribution in [0, 0.1) is 5.92 Å². The fraction of sp³-hybridized carbons (Fsp3) is 1.00. The second-order valence-electron chi connectivity index (χ2n) is 4.19. The van der Waals surface area contributed by atoms with Crippen LogP contribution in [-0.4, -0.2) is 19.3 Å². The lowest BCUT2D eigenvalue weighted by atomic mass is 9.94. The minimum absolute atomic E-state index is 0.0306. The molecule has 1 unspecified atom stereocenters. The monoisotopic (exact) mass is 173 g/mol. The SMILES string of the molecule is COC(C)(C)CCC(C)CCN. The normalized spacial score (nSPS) is 14.8. The van der Waals surface area contributed by atoms with Crippen LogP contribution in [0.2, 0.25) is 0 Å². The van der Waals surface area contributed by atoms with E-state index in [2.05, 4.69) is 20.8 Å². The van der Waals surface area contributed by atoms with E-state index in [4.69, 9.17) is 10.5 Å². The van der Waals surface area contributed by atoms with Crippen molar-refractivity contribution >= 4 is 0 Å². The summed E-state index contributed by atoms with van der Waals surface area (Å²) in [6, 6.07) is 0. The van der Waals surface area contributed by atoms with Gasteiger partial charge in [0, 0.05) is 7.11 Å². The van der Waals surface area contributed by atoms with Crippen LogP contribution < -0.4 is 5.73 Å². The zero-order valence-electron chi connectivity index (χ0n) is 8.89. The number of nitrogens with two attached hydrogens (primary N) is 1. The van der Waals surface area contributed by atoms with Crippen LogP contribution in [0.5, 0.6) is 0 Å². The molecule has 0 heterocycles. The molecule has 2 N–H and O–H groups in total. The molecule has 0 aliphatic carbocycles. The predicted molar refractivity (Wildman–Crippen MR) is 53.2 cm³/mol. The van der Waals surface area contributed by atoms with Gasteiger partial charge < -0.3 is 10.5 Å². The molecule has 2 nitrogen and oxygen atoms in total. The van der Waals surface area contributed by atoms with Gasteiger partial charge in [-0.3, -0.25) is 0 Å². The first-order valence-corrected chi connectivity index (χ1v) is 4.77. The van der Waals surface area contributed by atoms with E-state index in [-0.39, 0.29) is 5.60 Å². The van der Waals surface area contributed by atoms with E-state index >= 15 is 0 Å². The summed E-state index contributed by atoms with van der Waals surface area (Å²) in [5.41, 5.74) is 5.50. The Morgan fingerprint density at radius 1 is 1.33 bits per heavy atom. The summed E-state index contributed by atoms with van der Waals surface area (Å²) in [7, 11) is 1.77. The Morgan fingerprint density at radius 3 is 2.33 bits per heavy atom. The summed E-state index contributed by atoms with van der Waals surface area (Å²) in [6.07, 6.45) is 3.45. The van der Waals surface area contributed by atoms with Gasteiger partial charge in [-0.05, 0) is 45.6 Å². The van der Waals surface area contributed by atoms with Crippen molar-refractivity contribution in [1.29, 1.82) is 0 Å². The molecule has 0 aromatic rings. The Labute approximate surface area is 76.5 Å². The van der Waals surface area contributed by atoms with Crippen molar-refractivity contribution < 1.29 is 4.74 Å². The highest BCUT2D eigenvalue weighted by atomic mass is 16.5. The van der Waals surface area contributed by atoms with Gasteiger partial charge in [0.15, 0.2) is 0 Å². The van der Waals surface area contributed by atoms with Gasteiger partial charge in [0.05, 0.1) is 5.60 Å². The van der Waals surface area contributed by atoms with Crippen molar-refractivity contribution in [2.45, 2.75) is 45.6 Å². The highest BCUT2D eigenvalue weighted by molar-refractivity contribution is 4.69. The van der Waals surface area contributed by atoms with Gasteiger partial charge in [0.25, 0.3) is 0 Å². The maximum Gasteiger partial charge on any atom is 0.0622 e. The smallest absolute Gasteiger partial charge is 0.0622 e. The van der Waals surface area contributed by atoms with Gasteiger partial charge in [-0.15, -0.1) is 0 Å². The zero-order chi connectivity index (χ0) is 9.61. The lowest BCUT2D eigenvalue weighted by Gasteiger charge is -2.24. The molecule has 0 saturated heterocycles. The second kappa shape index (κ2) is 5.55. The van der Waals surface area contributed by atoms with E-state index in [1.165, 1.54) is 6.42 Å². The van der Waals surface area contributed by atoms with Crippen LogP contribution in [0.4, 0.5) is 0 Å². The van der Waals surface area contributed by atoms with E-state index in [1.807, 2.05) is 0 Å². The Kier molecular flexibility index (Phi) is 5.51. The van der Waals surface area contributed by atoms with Crippen LogP contribution in [0.15, 0.2) is 0 Å². The first-order chi connectivity index (χ1) is 5.52. The first kappa shape index (κ1) is 11.9. The quantitative estimate of drug-likeness (QED) is 0.668. The summed E-state index contributed by atoms with van der Waals surface area (Å²) in [6.45, 7) is 7.30. The van der Waals surface area contributed by atoms with Gasteiger partial charge >= 0.3 is 0 Å². The molecular formula is C10H23NO. The lowest BCUT2D eigenvalue weighted by Crippen LogP contribution is -2.23. The lowest BCUT2D eigenvalue weighted by molar-refractivity contribution is 0.0107. The molecule has 74 valence electrons. The van der Waals surface area contributed by atoms with E-state index in [9.17, 15) is 0 Å². The summed E-state index contributed by atoms with van der Waals surface area (Å²) in [5.74, 6) is 0.726. The van der Waals surface area contributed by atoms with Crippen LogP contribution in [0.25, 0.3) is 0 Å². The molecule has 0 fully saturated rings. The molecule has 12 heavy (non-hydrogen) atoms. The number of methoxy groups -OCH3 is 1.